The first-order valence-electron chi connectivity index (χ1n) is 9.57. The average molecular weight is 536 g/mol. The highest BCUT2D eigenvalue weighted by Crippen LogP contribution is 2.17. The van der Waals surface area contributed by atoms with Crippen LogP contribution in [-0.2, 0) is 30.9 Å². The summed E-state index contributed by atoms with van der Waals surface area (Å²) in [6, 6.07) is 6.72. The van der Waals surface area contributed by atoms with E-state index in [2.05, 4.69) is 30.4 Å². The molecule has 0 aliphatic carbocycles. The van der Waals surface area contributed by atoms with Crippen LogP contribution in [0.25, 0.3) is 0 Å². The number of methoxy groups -OCH3 is 1. The third-order valence-electron chi connectivity index (χ3n) is 4.40. The molecule has 0 amide bonds. The van der Waals surface area contributed by atoms with Gasteiger partial charge in [0.15, 0.2) is 11.8 Å². The standard InChI is InChI=1S/C19H26F2N6O2.HI/c1-3-22-19(23-10-13-5-4-6-15(9-13)29-18(20)21)24-14-7-8-17-25-16(12-28-2)26-27(17)11-14;/h4-6,9,14,18H,3,7-8,10-12H2,1-2H3,(H2,22,23,24);1H. The number of fused-ring (bicyclic) bond motifs is 1. The van der Waals surface area contributed by atoms with E-state index in [-0.39, 0.29) is 35.8 Å². The molecule has 1 aromatic carbocycles. The first kappa shape index (κ1) is 24.3. The molecule has 1 aromatic heterocycles. The molecule has 0 bridgehead atoms. The number of nitrogens with one attached hydrogen (secondary N) is 2. The predicted octanol–water partition coefficient (Wildman–Crippen LogP) is 2.71. The van der Waals surface area contributed by atoms with Crippen molar-refractivity contribution in [2.75, 3.05) is 13.7 Å². The second-order valence-electron chi connectivity index (χ2n) is 6.66. The van der Waals surface area contributed by atoms with Crippen LogP contribution in [0.4, 0.5) is 8.78 Å². The molecule has 0 radical (unpaired) electrons. The Morgan fingerprint density at radius 2 is 2.23 bits per heavy atom. The number of aliphatic imine (C=N–C) groups is 1. The van der Waals surface area contributed by atoms with Gasteiger partial charge in [-0.2, -0.15) is 13.9 Å². The normalized spacial score (nSPS) is 16.0. The summed E-state index contributed by atoms with van der Waals surface area (Å²) >= 11 is 0. The Morgan fingerprint density at radius 1 is 1.40 bits per heavy atom. The van der Waals surface area contributed by atoms with E-state index in [1.807, 2.05) is 17.7 Å². The molecule has 11 heteroatoms. The fraction of sp³-hybridized carbons (Fsp3) is 0.526. The Hall–Kier alpha value is -2.02. The van der Waals surface area contributed by atoms with Crippen molar-refractivity contribution in [3.8, 4) is 5.75 Å². The Morgan fingerprint density at radius 3 is 2.97 bits per heavy atom. The maximum atomic E-state index is 12.4. The van der Waals surface area contributed by atoms with E-state index in [4.69, 9.17) is 4.74 Å². The Labute approximate surface area is 191 Å². The quantitative estimate of drug-likeness (QED) is 0.307. The number of hydrogen-bond donors (Lipinski definition) is 2. The molecule has 30 heavy (non-hydrogen) atoms. The summed E-state index contributed by atoms with van der Waals surface area (Å²) in [6.07, 6.45) is 1.73. The van der Waals surface area contributed by atoms with Gasteiger partial charge in [-0.05, 0) is 31.0 Å². The fourth-order valence-electron chi connectivity index (χ4n) is 3.17. The first-order chi connectivity index (χ1) is 14.1. The summed E-state index contributed by atoms with van der Waals surface area (Å²) in [4.78, 5) is 9.06. The molecule has 3 rings (SSSR count). The molecule has 0 spiro atoms. The molecule has 0 fully saturated rings. The van der Waals surface area contributed by atoms with E-state index in [1.165, 1.54) is 6.07 Å². The number of halogens is 3. The molecule has 8 nitrogen and oxygen atoms in total. The number of guanidine groups is 1. The molecule has 0 saturated carbocycles. The molecule has 166 valence electrons. The van der Waals surface area contributed by atoms with Gasteiger partial charge in [0.25, 0.3) is 0 Å². The fourth-order valence-corrected chi connectivity index (χ4v) is 3.17. The van der Waals surface area contributed by atoms with Gasteiger partial charge in [-0.25, -0.2) is 14.7 Å². The van der Waals surface area contributed by atoms with Crippen molar-refractivity contribution in [1.29, 1.82) is 0 Å². The van der Waals surface area contributed by atoms with Crippen LogP contribution in [0, 0.1) is 0 Å². The highest BCUT2D eigenvalue weighted by atomic mass is 127. The van der Waals surface area contributed by atoms with Gasteiger partial charge in [0.05, 0.1) is 13.1 Å². The smallest absolute Gasteiger partial charge is 0.387 e. The summed E-state index contributed by atoms with van der Waals surface area (Å²) in [5.41, 5.74) is 0.784. The number of nitrogens with zero attached hydrogens (tertiary/aromatic N) is 4. The molecule has 0 saturated heterocycles. The monoisotopic (exact) mass is 536 g/mol. The van der Waals surface area contributed by atoms with Crippen molar-refractivity contribution in [1.82, 2.24) is 25.4 Å². The lowest BCUT2D eigenvalue weighted by Crippen LogP contribution is -2.47. The van der Waals surface area contributed by atoms with E-state index in [9.17, 15) is 8.78 Å². The molecule has 1 atom stereocenters. The van der Waals surface area contributed by atoms with Crippen LogP contribution in [0.3, 0.4) is 0 Å². The van der Waals surface area contributed by atoms with Gasteiger partial charge in [0.2, 0.25) is 0 Å². The second kappa shape index (κ2) is 12.0. The van der Waals surface area contributed by atoms with Crippen molar-refractivity contribution < 1.29 is 18.3 Å². The van der Waals surface area contributed by atoms with Crippen LogP contribution < -0.4 is 15.4 Å². The van der Waals surface area contributed by atoms with Gasteiger partial charge in [-0.15, -0.1) is 24.0 Å². The maximum absolute atomic E-state index is 12.4. The van der Waals surface area contributed by atoms with Crippen LogP contribution in [0.2, 0.25) is 0 Å². The van der Waals surface area contributed by atoms with Gasteiger partial charge >= 0.3 is 6.61 Å². The zero-order chi connectivity index (χ0) is 20.6. The molecule has 1 unspecified atom stereocenters. The lowest BCUT2D eigenvalue weighted by atomic mass is 10.1. The second-order valence-corrected chi connectivity index (χ2v) is 6.66. The van der Waals surface area contributed by atoms with E-state index < -0.39 is 6.61 Å². The summed E-state index contributed by atoms with van der Waals surface area (Å²) in [5, 5.41) is 11.1. The highest BCUT2D eigenvalue weighted by molar-refractivity contribution is 14.0. The Bertz CT molecular complexity index is 833. The van der Waals surface area contributed by atoms with Gasteiger partial charge < -0.3 is 20.1 Å². The number of benzene rings is 1. The molecular weight excluding hydrogens is 509 g/mol. The van der Waals surface area contributed by atoms with E-state index in [0.29, 0.717) is 38.0 Å². The van der Waals surface area contributed by atoms with Crippen LogP contribution in [-0.4, -0.2) is 47.0 Å². The third-order valence-corrected chi connectivity index (χ3v) is 4.40. The molecule has 1 aliphatic heterocycles. The lowest BCUT2D eigenvalue weighted by molar-refractivity contribution is -0.0498. The average Bonchev–Trinajstić information content (AvgIpc) is 3.08. The maximum Gasteiger partial charge on any atom is 0.387 e. The Kier molecular flexibility index (Phi) is 9.69. The minimum Gasteiger partial charge on any atom is -0.435 e. The number of aryl methyl sites for hydroxylation is 1. The third kappa shape index (κ3) is 7.04. The van der Waals surface area contributed by atoms with Crippen molar-refractivity contribution in [3.63, 3.8) is 0 Å². The Balaban J connectivity index is 0.00000320. The van der Waals surface area contributed by atoms with Crippen LogP contribution in [0.1, 0.15) is 30.6 Å². The zero-order valence-electron chi connectivity index (χ0n) is 17.0. The van der Waals surface area contributed by atoms with Crippen LogP contribution in [0.15, 0.2) is 29.3 Å². The predicted molar refractivity (Wildman–Crippen MR) is 119 cm³/mol. The van der Waals surface area contributed by atoms with Gasteiger partial charge in [-0.1, -0.05) is 12.1 Å². The SMILES string of the molecule is CCNC(=NCc1cccc(OC(F)F)c1)NC1CCc2nc(COC)nn2C1.I. The number of rotatable bonds is 8. The minimum absolute atomic E-state index is 0. The molecular formula is C19H27F2IN6O2. The topological polar surface area (TPSA) is 85.6 Å². The minimum atomic E-state index is -2.84. The van der Waals surface area contributed by atoms with E-state index >= 15 is 0 Å². The van der Waals surface area contributed by atoms with Crippen molar-refractivity contribution in [3.05, 3.63) is 41.5 Å². The van der Waals surface area contributed by atoms with Crippen molar-refractivity contribution in [2.45, 2.75) is 52.1 Å². The molecule has 1 aliphatic rings. The highest BCUT2D eigenvalue weighted by Gasteiger charge is 2.22. The van der Waals surface area contributed by atoms with Gasteiger partial charge in [0, 0.05) is 26.1 Å². The largest absolute Gasteiger partial charge is 0.435 e. The number of hydrogen-bond acceptors (Lipinski definition) is 5. The summed E-state index contributed by atoms with van der Waals surface area (Å²) in [7, 11) is 1.62. The first-order valence-corrected chi connectivity index (χ1v) is 9.57. The number of aromatic nitrogens is 3. The molecule has 2 heterocycles. The van der Waals surface area contributed by atoms with E-state index in [1.54, 1.807) is 19.2 Å². The van der Waals surface area contributed by atoms with Crippen LogP contribution >= 0.6 is 24.0 Å². The summed E-state index contributed by atoms with van der Waals surface area (Å²) < 4.78 is 36.2. The lowest BCUT2D eigenvalue weighted by Gasteiger charge is -2.25. The van der Waals surface area contributed by atoms with Crippen LogP contribution in [0.5, 0.6) is 5.75 Å². The van der Waals surface area contributed by atoms with Crippen molar-refractivity contribution >= 4 is 29.9 Å². The summed E-state index contributed by atoms with van der Waals surface area (Å²) in [5.74, 6) is 2.45. The van der Waals surface area contributed by atoms with Crippen molar-refractivity contribution in [2.24, 2.45) is 4.99 Å². The number of alkyl halides is 2. The van der Waals surface area contributed by atoms with Gasteiger partial charge in [-0.3, -0.25) is 0 Å². The number of ether oxygens (including phenoxy) is 2. The molecule has 2 aromatic rings. The zero-order valence-corrected chi connectivity index (χ0v) is 19.3. The van der Waals surface area contributed by atoms with Gasteiger partial charge in [0.1, 0.15) is 18.2 Å². The molecule has 2 N–H and O–H groups in total. The summed E-state index contributed by atoms with van der Waals surface area (Å²) in [6.45, 7) is 1.28. The van der Waals surface area contributed by atoms with E-state index in [0.717, 1.165) is 24.2 Å².